The van der Waals surface area contributed by atoms with Crippen molar-refractivity contribution in [1.82, 2.24) is 14.8 Å². The van der Waals surface area contributed by atoms with Crippen molar-refractivity contribution >= 4 is 17.5 Å². The Morgan fingerprint density at radius 3 is 3.00 bits per heavy atom. The molecule has 1 N–H and O–H groups in total. The van der Waals surface area contributed by atoms with Gasteiger partial charge in [-0.25, -0.2) is 9.89 Å². The molecule has 0 unspecified atom stereocenters. The van der Waals surface area contributed by atoms with E-state index < -0.39 is 0 Å². The number of nitrogens with zero attached hydrogens (tertiary/aromatic N) is 2. The summed E-state index contributed by atoms with van der Waals surface area (Å²) in [6.45, 7) is 2.66. The number of hydrogen-bond acceptors (Lipinski definition) is 4. The van der Waals surface area contributed by atoms with Gasteiger partial charge in [0.15, 0.2) is 5.16 Å². The van der Waals surface area contributed by atoms with Gasteiger partial charge in [-0.05, 0) is 19.3 Å². The van der Waals surface area contributed by atoms with E-state index in [2.05, 4.69) is 10.2 Å². The van der Waals surface area contributed by atoms with Gasteiger partial charge in [-0.2, -0.15) is 0 Å². The van der Waals surface area contributed by atoms with Crippen molar-refractivity contribution in [3.8, 4) is 0 Å². The van der Waals surface area contributed by atoms with Gasteiger partial charge in [-0.3, -0.25) is 9.36 Å². The van der Waals surface area contributed by atoms with E-state index >= 15 is 0 Å². The number of Topliss-reactive ketones (excluding diaryl/α,β-unsaturated/α-hetero) is 1. The van der Waals surface area contributed by atoms with Crippen LogP contribution in [0.4, 0.5) is 0 Å². The molecular weight excluding hydrogens is 238 g/mol. The van der Waals surface area contributed by atoms with Crippen molar-refractivity contribution in [2.75, 3.05) is 0 Å². The Morgan fingerprint density at radius 2 is 2.29 bits per heavy atom. The van der Waals surface area contributed by atoms with E-state index in [0.29, 0.717) is 23.9 Å². The number of aromatic amines is 1. The first kappa shape index (κ1) is 12.4. The van der Waals surface area contributed by atoms with E-state index in [4.69, 9.17) is 0 Å². The third-order valence-electron chi connectivity index (χ3n) is 2.92. The van der Waals surface area contributed by atoms with Crippen LogP contribution >= 0.6 is 11.8 Å². The number of aromatic nitrogens is 3. The minimum Gasteiger partial charge on any atom is -0.298 e. The molecule has 1 aromatic rings. The zero-order valence-corrected chi connectivity index (χ0v) is 10.8. The molecule has 1 aliphatic rings. The van der Waals surface area contributed by atoms with Gasteiger partial charge >= 0.3 is 5.69 Å². The standard InChI is InChI=1S/C11H17N3O2S/c1-2-7-14-10(16)12-13-11(14)17-9-6-4-3-5-8(9)15/h9H,2-7H2,1H3,(H,12,16)/t9-/m1/s1. The maximum absolute atomic E-state index is 11.7. The summed E-state index contributed by atoms with van der Waals surface area (Å²) >= 11 is 1.43. The lowest BCUT2D eigenvalue weighted by Crippen LogP contribution is -2.23. The molecule has 0 bridgehead atoms. The maximum atomic E-state index is 11.7. The highest BCUT2D eigenvalue weighted by Gasteiger charge is 2.25. The van der Waals surface area contributed by atoms with Gasteiger partial charge in [0.05, 0.1) is 5.25 Å². The predicted molar refractivity (Wildman–Crippen MR) is 66.3 cm³/mol. The molecule has 0 radical (unpaired) electrons. The first-order valence-electron chi connectivity index (χ1n) is 6.07. The van der Waals surface area contributed by atoms with Crippen molar-refractivity contribution in [3.05, 3.63) is 10.5 Å². The van der Waals surface area contributed by atoms with Gasteiger partial charge in [0.2, 0.25) is 0 Å². The number of H-pyrrole nitrogens is 1. The van der Waals surface area contributed by atoms with Gasteiger partial charge in [-0.15, -0.1) is 5.10 Å². The molecule has 1 aromatic heterocycles. The van der Waals surface area contributed by atoms with Crippen LogP contribution in [0.15, 0.2) is 9.95 Å². The van der Waals surface area contributed by atoms with Crippen LogP contribution in [0.1, 0.15) is 39.0 Å². The zero-order chi connectivity index (χ0) is 12.3. The van der Waals surface area contributed by atoms with Gasteiger partial charge in [0.25, 0.3) is 0 Å². The largest absolute Gasteiger partial charge is 0.343 e. The second-order valence-corrected chi connectivity index (χ2v) is 5.45. The van der Waals surface area contributed by atoms with E-state index in [9.17, 15) is 9.59 Å². The van der Waals surface area contributed by atoms with Gasteiger partial charge < -0.3 is 0 Å². The quantitative estimate of drug-likeness (QED) is 0.887. The second-order valence-electron chi connectivity index (χ2n) is 4.28. The molecule has 1 aliphatic carbocycles. The molecule has 1 fully saturated rings. The molecule has 1 atom stereocenters. The number of carbonyl (C=O) groups excluding carboxylic acids is 1. The summed E-state index contributed by atoms with van der Waals surface area (Å²) < 4.78 is 1.62. The lowest BCUT2D eigenvalue weighted by atomic mass is 9.99. The van der Waals surface area contributed by atoms with Crippen LogP contribution in [0.5, 0.6) is 0 Å². The highest BCUT2D eigenvalue weighted by Crippen LogP contribution is 2.29. The highest BCUT2D eigenvalue weighted by molar-refractivity contribution is 8.00. The minimum absolute atomic E-state index is 0.0189. The fraction of sp³-hybridized carbons (Fsp3) is 0.727. The van der Waals surface area contributed by atoms with Gasteiger partial charge in [0, 0.05) is 13.0 Å². The van der Waals surface area contributed by atoms with Gasteiger partial charge in [0.1, 0.15) is 5.78 Å². The molecule has 5 nitrogen and oxygen atoms in total. The van der Waals surface area contributed by atoms with E-state index in [0.717, 1.165) is 25.7 Å². The third-order valence-corrected chi connectivity index (χ3v) is 4.22. The Bertz CT molecular complexity index is 452. The summed E-state index contributed by atoms with van der Waals surface area (Å²) in [5, 5.41) is 7.08. The Balaban J connectivity index is 2.12. The summed E-state index contributed by atoms with van der Waals surface area (Å²) in [6.07, 6.45) is 4.53. The normalized spacial score (nSPS) is 20.8. The average molecular weight is 255 g/mol. The SMILES string of the molecule is CCCn1c(S[C@@H]2CCCCC2=O)n[nH]c1=O. The average Bonchev–Trinajstić information content (AvgIpc) is 2.65. The van der Waals surface area contributed by atoms with Crippen LogP contribution in [0.3, 0.4) is 0 Å². The van der Waals surface area contributed by atoms with E-state index in [1.807, 2.05) is 6.92 Å². The van der Waals surface area contributed by atoms with Crippen LogP contribution in [-0.4, -0.2) is 25.8 Å². The molecule has 0 saturated heterocycles. The third kappa shape index (κ3) is 2.80. The first-order valence-corrected chi connectivity index (χ1v) is 6.95. The molecule has 94 valence electrons. The molecular formula is C11H17N3O2S. The zero-order valence-electron chi connectivity index (χ0n) is 9.94. The lowest BCUT2D eigenvalue weighted by molar-refractivity contribution is -0.119. The van der Waals surface area contributed by atoms with Crippen LogP contribution in [-0.2, 0) is 11.3 Å². The van der Waals surface area contributed by atoms with Crippen molar-refractivity contribution in [1.29, 1.82) is 0 Å². The summed E-state index contributed by atoms with van der Waals surface area (Å²) in [6, 6.07) is 0. The predicted octanol–water partition coefficient (Wildman–Crippen LogP) is 1.59. The fourth-order valence-electron chi connectivity index (χ4n) is 2.02. The van der Waals surface area contributed by atoms with Crippen LogP contribution < -0.4 is 5.69 Å². The summed E-state index contributed by atoms with van der Waals surface area (Å²) in [5.74, 6) is 0.291. The first-order chi connectivity index (χ1) is 8.22. The lowest BCUT2D eigenvalue weighted by Gasteiger charge is -2.19. The highest BCUT2D eigenvalue weighted by atomic mass is 32.2. The summed E-state index contributed by atoms with van der Waals surface area (Å²) in [5.41, 5.74) is -0.183. The van der Waals surface area contributed by atoms with E-state index in [-0.39, 0.29) is 10.9 Å². The van der Waals surface area contributed by atoms with Crippen LogP contribution in [0, 0.1) is 0 Å². The Labute approximate surface area is 104 Å². The second kappa shape index (κ2) is 5.53. The molecule has 17 heavy (non-hydrogen) atoms. The number of hydrogen-bond donors (Lipinski definition) is 1. The van der Waals surface area contributed by atoms with Crippen LogP contribution in [0.25, 0.3) is 0 Å². The topological polar surface area (TPSA) is 67.8 Å². The molecule has 2 rings (SSSR count). The Kier molecular flexibility index (Phi) is 4.04. The van der Waals surface area contributed by atoms with E-state index in [1.54, 1.807) is 4.57 Å². The summed E-state index contributed by atoms with van der Waals surface area (Å²) in [7, 11) is 0. The molecule has 0 aliphatic heterocycles. The molecule has 0 aromatic carbocycles. The Morgan fingerprint density at radius 1 is 1.47 bits per heavy atom. The molecule has 0 amide bonds. The van der Waals surface area contributed by atoms with E-state index in [1.165, 1.54) is 11.8 Å². The fourth-order valence-corrected chi connectivity index (χ4v) is 3.20. The number of thioether (sulfide) groups is 1. The Hall–Kier alpha value is -1.04. The number of nitrogens with one attached hydrogen (secondary N) is 1. The number of ketones is 1. The molecule has 0 spiro atoms. The monoisotopic (exact) mass is 255 g/mol. The molecule has 1 heterocycles. The maximum Gasteiger partial charge on any atom is 0.343 e. The minimum atomic E-state index is -0.183. The smallest absolute Gasteiger partial charge is 0.298 e. The number of carbonyl (C=O) groups is 1. The number of rotatable bonds is 4. The molecule has 6 heteroatoms. The van der Waals surface area contributed by atoms with Crippen molar-refractivity contribution < 1.29 is 4.79 Å². The summed E-state index contributed by atoms with van der Waals surface area (Å²) in [4.78, 5) is 23.2. The van der Waals surface area contributed by atoms with Crippen molar-refractivity contribution in [2.45, 2.75) is 56.0 Å². The van der Waals surface area contributed by atoms with Crippen LogP contribution in [0.2, 0.25) is 0 Å². The molecule has 1 saturated carbocycles. The van der Waals surface area contributed by atoms with Crippen molar-refractivity contribution in [2.24, 2.45) is 0 Å². The van der Waals surface area contributed by atoms with Crippen molar-refractivity contribution in [3.63, 3.8) is 0 Å². The van der Waals surface area contributed by atoms with Gasteiger partial charge in [-0.1, -0.05) is 25.1 Å².